The van der Waals surface area contributed by atoms with Crippen LogP contribution >= 0.6 is 11.6 Å². The Labute approximate surface area is 211 Å². The highest BCUT2D eigenvalue weighted by molar-refractivity contribution is 6.32. The van der Waals surface area contributed by atoms with Gasteiger partial charge in [0.2, 0.25) is 6.10 Å². The van der Waals surface area contributed by atoms with Crippen molar-refractivity contribution in [3.63, 3.8) is 0 Å². The van der Waals surface area contributed by atoms with Gasteiger partial charge in [0.1, 0.15) is 11.5 Å². The van der Waals surface area contributed by atoms with Gasteiger partial charge in [0, 0.05) is 35.5 Å². The Morgan fingerprint density at radius 2 is 1.83 bits per heavy atom. The van der Waals surface area contributed by atoms with E-state index in [9.17, 15) is 14.7 Å². The first-order valence-corrected chi connectivity index (χ1v) is 12.5. The number of nitrogens with zero attached hydrogens (tertiary/aromatic N) is 1. The number of benzene rings is 2. The second-order valence-electron chi connectivity index (χ2n) is 8.66. The summed E-state index contributed by atoms with van der Waals surface area (Å²) in [5.41, 5.74) is 1.56. The maximum atomic E-state index is 13.3. The van der Waals surface area contributed by atoms with Crippen LogP contribution in [-0.2, 0) is 20.7 Å². The fraction of sp³-hybridized carbons (Fsp3) is 0.444. The third kappa shape index (κ3) is 6.14. The molecule has 2 atom stereocenters. The molecule has 0 saturated carbocycles. The zero-order valence-corrected chi connectivity index (χ0v) is 21.2. The first kappa shape index (κ1) is 26.5. The van der Waals surface area contributed by atoms with Gasteiger partial charge in [-0.3, -0.25) is 4.79 Å². The van der Waals surface area contributed by atoms with E-state index >= 15 is 0 Å². The third-order valence-electron chi connectivity index (χ3n) is 6.09. The summed E-state index contributed by atoms with van der Waals surface area (Å²) in [4.78, 5) is 27.7. The van der Waals surface area contributed by atoms with Gasteiger partial charge in [-0.15, -0.1) is 0 Å². The first-order valence-electron chi connectivity index (χ1n) is 12.1. The average Bonchev–Trinajstić information content (AvgIpc) is 3.40. The molecule has 188 valence electrons. The van der Waals surface area contributed by atoms with Crippen LogP contribution in [-0.4, -0.2) is 46.8 Å². The third-order valence-corrected chi connectivity index (χ3v) is 6.37. The number of phenolic OH excluding ortho intramolecular Hbond substituents is 1. The molecule has 1 fully saturated rings. The number of aromatic hydroxyl groups is 1. The number of carbonyl (C=O) groups excluding carboxylic acids is 2. The molecule has 2 N–H and O–H groups in total. The van der Waals surface area contributed by atoms with Gasteiger partial charge in [0.15, 0.2) is 6.10 Å². The highest BCUT2D eigenvalue weighted by atomic mass is 35.5. The smallest absolute Gasteiger partial charge is 0.352 e. The van der Waals surface area contributed by atoms with E-state index in [-0.39, 0.29) is 28.1 Å². The molecule has 0 spiro atoms. The topological polar surface area (TPSA) is 99.9 Å². The van der Waals surface area contributed by atoms with E-state index in [1.165, 1.54) is 6.07 Å². The number of hydrogen-bond donors (Lipinski definition) is 2. The van der Waals surface area contributed by atoms with Crippen LogP contribution < -0.4 is 4.74 Å². The number of halogens is 1. The van der Waals surface area contributed by atoms with Crippen molar-refractivity contribution in [1.29, 1.82) is 5.41 Å². The van der Waals surface area contributed by atoms with Gasteiger partial charge < -0.3 is 24.9 Å². The molecule has 1 heterocycles. The summed E-state index contributed by atoms with van der Waals surface area (Å²) >= 11 is 6.58. The first-order chi connectivity index (χ1) is 16.8. The Bertz CT molecular complexity index is 1070. The summed E-state index contributed by atoms with van der Waals surface area (Å²) in [5.74, 6) is -0.856. The lowest BCUT2D eigenvalue weighted by Crippen LogP contribution is -2.39. The lowest BCUT2D eigenvalue weighted by molar-refractivity contribution is -0.164. The van der Waals surface area contributed by atoms with Crippen molar-refractivity contribution in [2.75, 3.05) is 13.1 Å². The van der Waals surface area contributed by atoms with Crippen LogP contribution in [0.5, 0.6) is 11.5 Å². The normalized spacial score (nSPS) is 14.9. The van der Waals surface area contributed by atoms with Gasteiger partial charge in [0.25, 0.3) is 5.91 Å². The summed E-state index contributed by atoms with van der Waals surface area (Å²) in [5, 5.41) is 19.3. The summed E-state index contributed by atoms with van der Waals surface area (Å²) < 4.78 is 11.7. The molecule has 2 aromatic carbocycles. The minimum Gasteiger partial charge on any atom is -0.507 e. The average molecular weight is 501 g/mol. The predicted octanol–water partition coefficient (Wildman–Crippen LogP) is 5.45. The summed E-state index contributed by atoms with van der Waals surface area (Å²) in [7, 11) is 0. The van der Waals surface area contributed by atoms with E-state index in [0.717, 1.165) is 12.8 Å². The van der Waals surface area contributed by atoms with Crippen LogP contribution in [0.2, 0.25) is 5.02 Å². The number of ether oxygens (including phenoxy) is 2. The molecule has 0 radical (unpaired) electrons. The van der Waals surface area contributed by atoms with Crippen molar-refractivity contribution in [1.82, 2.24) is 4.90 Å². The number of amides is 1. The minimum absolute atomic E-state index is 0.0733. The number of hydrogen-bond acceptors (Lipinski definition) is 6. The Hall–Kier alpha value is -3.06. The number of likely N-dealkylation sites (tertiary alicyclic amines) is 1. The highest BCUT2D eigenvalue weighted by Gasteiger charge is 2.32. The van der Waals surface area contributed by atoms with Crippen molar-refractivity contribution in [3.05, 3.63) is 58.1 Å². The van der Waals surface area contributed by atoms with Crippen molar-refractivity contribution < 1.29 is 24.2 Å². The molecule has 1 aliphatic heterocycles. The number of esters is 1. The van der Waals surface area contributed by atoms with E-state index in [4.69, 9.17) is 26.5 Å². The molecule has 2 unspecified atom stereocenters. The van der Waals surface area contributed by atoms with Crippen molar-refractivity contribution in [3.8, 4) is 11.5 Å². The molecule has 0 aliphatic carbocycles. The standard InChI is InChI=1S/C27H33ClN2O5/c1-4-11-19-23(31)20(22(29)5-2)16-21(28)25(19)35-24(18-12-7-6-8-13-18)27(33)34-17(3)26(32)30-14-9-10-15-30/h6-8,12-13,16-17,24,29,31H,4-5,9-11,14-15H2,1-3H3. The van der Waals surface area contributed by atoms with E-state index in [1.54, 1.807) is 36.1 Å². The molecule has 7 nitrogen and oxygen atoms in total. The van der Waals surface area contributed by atoms with Gasteiger partial charge in [-0.1, -0.05) is 62.2 Å². The van der Waals surface area contributed by atoms with Crippen molar-refractivity contribution in [2.24, 2.45) is 0 Å². The van der Waals surface area contributed by atoms with E-state index in [0.29, 0.717) is 49.0 Å². The minimum atomic E-state index is -1.20. The molecule has 3 rings (SSSR count). The molecule has 0 aromatic heterocycles. The molecular weight excluding hydrogens is 468 g/mol. The number of rotatable bonds is 10. The fourth-order valence-electron chi connectivity index (χ4n) is 4.18. The monoisotopic (exact) mass is 500 g/mol. The van der Waals surface area contributed by atoms with Crippen LogP contribution in [0.3, 0.4) is 0 Å². The number of carbonyl (C=O) groups is 2. The predicted molar refractivity (Wildman–Crippen MR) is 135 cm³/mol. The van der Waals surface area contributed by atoms with Crippen LogP contribution in [0, 0.1) is 5.41 Å². The number of phenols is 1. The van der Waals surface area contributed by atoms with Crippen molar-refractivity contribution in [2.45, 2.75) is 65.1 Å². The van der Waals surface area contributed by atoms with Crippen LogP contribution in [0.1, 0.15) is 69.2 Å². The Kier molecular flexibility index (Phi) is 9.15. The molecule has 1 amide bonds. The van der Waals surface area contributed by atoms with Gasteiger partial charge in [-0.25, -0.2) is 4.79 Å². The summed E-state index contributed by atoms with van der Waals surface area (Å²) in [6.45, 7) is 6.66. The molecule has 8 heteroatoms. The zero-order chi connectivity index (χ0) is 25.5. The molecule has 0 bridgehead atoms. The van der Waals surface area contributed by atoms with Gasteiger partial charge in [0.05, 0.1) is 5.02 Å². The second-order valence-corrected chi connectivity index (χ2v) is 9.07. The highest BCUT2D eigenvalue weighted by Crippen LogP contribution is 2.41. The molecule has 1 saturated heterocycles. The summed E-state index contributed by atoms with van der Waals surface area (Å²) in [6, 6.07) is 10.3. The second kappa shape index (κ2) is 12.1. The van der Waals surface area contributed by atoms with E-state index in [2.05, 4.69) is 0 Å². The van der Waals surface area contributed by atoms with Gasteiger partial charge >= 0.3 is 5.97 Å². The van der Waals surface area contributed by atoms with Crippen LogP contribution in [0.25, 0.3) is 0 Å². The van der Waals surface area contributed by atoms with Crippen LogP contribution in [0.4, 0.5) is 0 Å². The maximum Gasteiger partial charge on any atom is 0.352 e. The molecule has 35 heavy (non-hydrogen) atoms. The van der Waals surface area contributed by atoms with E-state index < -0.39 is 18.2 Å². The van der Waals surface area contributed by atoms with Gasteiger partial charge in [-0.05, 0) is 38.7 Å². The largest absolute Gasteiger partial charge is 0.507 e. The molecular formula is C27H33ClN2O5. The quantitative estimate of drug-likeness (QED) is 0.334. The Morgan fingerprint density at radius 3 is 2.43 bits per heavy atom. The number of nitrogens with one attached hydrogen (secondary N) is 1. The zero-order valence-electron chi connectivity index (χ0n) is 20.5. The Morgan fingerprint density at radius 1 is 1.17 bits per heavy atom. The molecule has 1 aliphatic rings. The maximum absolute atomic E-state index is 13.3. The van der Waals surface area contributed by atoms with Gasteiger partial charge in [-0.2, -0.15) is 0 Å². The lowest BCUT2D eigenvalue weighted by atomic mass is 9.99. The lowest BCUT2D eigenvalue weighted by Gasteiger charge is -2.25. The summed E-state index contributed by atoms with van der Waals surface area (Å²) in [6.07, 6.45) is 1.27. The molecule has 2 aromatic rings. The van der Waals surface area contributed by atoms with Crippen LogP contribution in [0.15, 0.2) is 36.4 Å². The Balaban J connectivity index is 1.95. The fourth-order valence-corrected chi connectivity index (χ4v) is 4.45. The van der Waals surface area contributed by atoms with Crippen molar-refractivity contribution >= 4 is 29.2 Å². The van der Waals surface area contributed by atoms with E-state index in [1.807, 2.05) is 19.9 Å². The SMILES string of the molecule is CCCc1c(O)c(C(=N)CC)cc(Cl)c1OC(C(=O)OC(C)C(=O)N1CCCC1)c1ccccc1.